The summed E-state index contributed by atoms with van der Waals surface area (Å²) in [7, 11) is 0. The number of aliphatic hydroxyl groups excluding tert-OH is 1. The number of aliphatic hydroxyl groups is 1. The first-order valence-corrected chi connectivity index (χ1v) is 4.14. The normalized spacial score (nSPS) is 15.9. The van der Waals surface area contributed by atoms with Crippen LogP contribution >= 0.6 is 0 Å². The highest BCUT2D eigenvalue weighted by Crippen LogP contribution is 2.12. The highest BCUT2D eigenvalue weighted by Gasteiger charge is 2.09. The molecule has 0 aliphatic rings. The maximum absolute atomic E-state index is 8.79. The van der Waals surface area contributed by atoms with Gasteiger partial charge in [-0.15, -0.1) is 0 Å². The summed E-state index contributed by atoms with van der Waals surface area (Å²) in [6.07, 6.45) is 1.65. The van der Waals surface area contributed by atoms with Gasteiger partial charge in [-0.05, 0) is 26.0 Å². The Hall–Kier alpha value is -0.800. The lowest BCUT2D eigenvalue weighted by molar-refractivity contribution is 0.238. The summed E-state index contributed by atoms with van der Waals surface area (Å²) in [6.45, 7) is 4.08. The predicted molar refractivity (Wildman–Crippen MR) is 46.8 cm³/mol. The second kappa shape index (κ2) is 4.28. The fourth-order valence-corrected chi connectivity index (χ4v) is 1.10. The molecule has 0 saturated carbocycles. The Morgan fingerprint density at radius 2 is 2.33 bits per heavy atom. The van der Waals surface area contributed by atoms with E-state index in [1.165, 1.54) is 0 Å². The summed E-state index contributed by atoms with van der Waals surface area (Å²) in [4.78, 5) is 0. The van der Waals surface area contributed by atoms with Crippen LogP contribution < -0.4 is 5.32 Å². The zero-order valence-electron chi connectivity index (χ0n) is 7.45. The monoisotopic (exact) mass is 169 g/mol. The van der Waals surface area contributed by atoms with Crippen LogP contribution in [0.25, 0.3) is 0 Å². The maximum atomic E-state index is 8.79. The Bertz CT molecular complexity index is 208. The molecule has 0 spiro atoms. The molecule has 2 N–H and O–H groups in total. The third-order valence-corrected chi connectivity index (χ3v) is 1.78. The number of hydrogen-bond acceptors (Lipinski definition) is 3. The molecule has 0 aliphatic heterocycles. The molecule has 0 saturated heterocycles. The van der Waals surface area contributed by atoms with Crippen molar-refractivity contribution in [3.05, 3.63) is 24.2 Å². The second-order valence-corrected chi connectivity index (χ2v) is 2.99. The van der Waals surface area contributed by atoms with Gasteiger partial charge < -0.3 is 14.8 Å². The number of nitrogens with one attached hydrogen (secondary N) is 1. The summed E-state index contributed by atoms with van der Waals surface area (Å²) in [5, 5.41) is 12.0. The van der Waals surface area contributed by atoms with Gasteiger partial charge in [0.1, 0.15) is 5.76 Å². The molecule has 0 aromatic carbocycles. The molecule has 0 amide bonds. The van der Waals surface area contributed by atoms with E-state index < -0.39 is 0 Å². The Kier molecular flexibility index (Phi) is 3.31. The zero-order valence-corrected chi connectivity index (χ0v) is 7.45. The van der Waals surface area contributed by atoms with Crippen LogP contribution in [0.5, 0.6) is 0 Å². The first-order chi connectivity index (χ1) is 5.74. The molecule has 3 nitrogen and oxygen atoms in total. The van der Waals surface area contributed by atoms with Gasteiger partial charge >= 0.3 is 0 Å². The average molecular weight is 169 g/mol. The molecular weight excluding hydrogens is 154 g/mol. The van der Waals surface area contributed by atoms with Crippen molar-refractivity contribution in [1.29, 1.82) is 0 Å². The SMILES string of the molecule is CC(N[C@H](C)CO)c1ccco1. The fourth-order valence-electron chi connectivity index (χ4n) is 1.10. The van der Waals surface area contributed by atoms with Crippen LogP contribution in [-0.4, -0.2) is 17.8 Å². The van der Waals surface area contributed by atoms with Gasteiger partial charge in [0.05, 0.1) is 18.9 Å². The van der Waals surface area contributed by atoms with E-state index in [9.17, 15) is 0 Å². The molecule has 0 aliphatic carbocycles. The van der Waals surface area contributed by atoms with Crippen molar-refractivity contribution < 1.29 is 9.52 Å². The van der Waals surface area contributed by atoms with E-state index in [0.29, 0.717) is 0 Å². The molecule has 68 valence electrons. The molecule has 2 atom stereocenters. The lowest BCUT2D eigenvalue weighted by Crippen LogP contribution is -2.31. The Morgan fingerprint density at radius 1 is 1.58 bits per heavy atom. The van der Waals surface area contributed by atoms with E-state index in [-0.39, 0.29) is 18.7 Å². The lowest BCUT2D eigenvalue weighted by atomic mass is 10.2. The van der Waals surface area contributed by atoms with Crippen molar-refractivity contribution in [1.82, 2.24) is 5.32 Å². The predicted octanol–water partition coefficient (Wildman–Crippen LogP) is 1.31. The summed E-state index contributed by atoms with van der Waals surface area (Å²) in [5.41, 5.74) is 0. The van der Waals surface area contributed by atoms with Crippen LogP contribution in [0.1, 0.15) is 25.6 Å². The van der Waals surface area contributed by atoms with Gasteiger partial charge in [0.15, 0.2) is 0 Å². The summed E-state index contributed by atoms with van der Waals surface area (Å²) >= 11 is 0. The van der Waals surface area contributed by atoms with Crippen LogP contribution in [0.2, 0.25) is 0 Å². The van der Waals surface area contributed by atoms with Gasteiger partial charge in [-0.1, -0.05) is 0 Å². The van der Waals surface area contributed by atoms with Crippen molar-refractivity contribution in [3.8, 4) is 0 Å². The molecule has 1 rings (SSSR count). The molecule has 3 heteroatoms. The van der Waals surface area contributed by atoms with Crippen LogP contribution in [0.3, 0.4) is 0 Å². The smallest absolute Gasteiger partial charge is 0.120 e. The van der Waals surface area contributed by atoms with Gasteiger partial charge in [0.25, 0.3) is 0 Å². The zero-order chi connectivity index (χ0) is 8.97. The number of rotatable bonds is 4. The van der Waals surface area contributed by atoms with E-state index in [1.807, 2.05) is 26.0 Å². The topological polar surface area (TPSA) is 45.4 Å². The van der Waals surface area contributed by atoms with Crippen LogP contribution in [0.15, 0.2) is 22.8 Å². The van der Waals surface area contributed by atoms with Crippen LogP contribution in [-0.2, 0) is 0 Å². The summed E-state index contributed by atoms with van der Waals surface area (Å²) < 4.78 is 5.20. The Morgan fingerprint density at radius 3 is 2.83 bits per heavy atom. The average Bonchev–Trinajstić information content (AvgIpc) is 2.56. The minimum atomic E-state index is 0.102. The molecule has 0 radical (unpaired) electrons. The van der Waals surface area contributed by atoms with Gasteiger partial charge in [-0.25, -0.2) is 0 Å². The molecule has 1 unspecified atom stereocenters. The molecule has 1 heterocycles. The van der Waals surface area contributed by atoms with Crippen molar-refractivity contribution >= 4 is 0 Å². The van der Waals surface area contributed by atoms with E-state index in [0.717, 1.165) is 5.76 Å². The molecule has 1 aromatic heterocycles. The van der Waals surface area contributed by atoms with Crippen molar-refractivity contribution in [2.75, 3.05) is 6.61 Å². The third-order valence-electron chi connectivity index (χ3n) is 1.78. The van der Waals surface area contributed by atoms with Crippen molar-refractivity contribution in [2.45, 2.75) is 25.9 Å². The third kappa shape index (κ3) is 2.36. The number of hydrogen-bond donors (Lipinski definition) is 2. The van der Waals surface area contributed by atoms with Gasteiger partial charge in [0, 0.05) is 6.04 Å². The van der Waals surface area contributed by atoms with Crippen LogP contribution in [0, 0.1) is 0 Å². The molecule has 0 bridgehead atoms. The van der Waals surface area contributed by atoms with E-state index in [4.69, 9.17) is 9.52 Å². The van der Waals surface area contributed by atoms with Gasteiger partial charge in [0.2, 0.25) is 0 Å². The molecule has 0 fully saturated rings. The second-order valence-electron chi connectivity index (χ2n) is 2.99. The minimum Gasteiger partial charge on any atom is -0.468 e. The van der Waals surface area contributed by atoms with E-state index in [2.05, 4.69) is 5.32 Å². The van der Waals surface area contributed by atoms with Gasteiger partial charge in [-0.3, -0.25) is 0 Å². The quantitative estimate of drug-likeness (QED) is 0.714. The summed E-state index contributed by atoms with van der Waals surface area (Å²) in [6, 6.07) is 4.03. The number of furan rings is 1. The Balaban J connectivity index is 2.44. The Labute approximate surface area is 72.4 Å². The molecule has 1 aromatic rings. The first-order valence-electron chi connectivity index (χ1n) is 4.14. The molecule has 12 heavy (non-hydrogen) atoms. The largest absolute Gasteiger partial charge is 0.468 e. The highest BCUT2D eigenvalue weighted by atomic mass is 16.3. The van der Waals surface area contributed by atoms with Crippen LogP contribution in [0.4, 0.5) is 0 Å². The van der Waals surface area contributed by atoms with E-state index in [1.54, 1.807) is 6.26 Å². The van der Waals surface area contributed by atoms with Crippen molar-refractivity contribution in [3.63, 3.8) is 0 Å². The minimum absolute atomic E-state index is 0.102. The van der Waals surface area contributed by atoms with Crippen molar-refractivity contribution in [2.24, 2.45) is 0 Å². The maximum Gasteiger partial charge on any atom is 0.120 e. The first kappa shape index (κ1) is 9.29. The standard InChI is InChI=1S/C9H15NO2/c1-7(6-11)10-8(2)9-4-3-5-12-9/h3-5,7-8,10-11H,6H2,1-2H3/t7-,8?/m1/s1. The fraction of sp³-hybridized carbons (Fsp3) is 0.556. The lowest BCUT2D eigenvalue weighted by Gasteiger charge is -2.15. The van der Waals surface area contributed by atoms with E-state index >= 15 is 0 Å². The van der Waals surface area contributed by atoms with Gasteiger partial charge in [-0.2, -0.15) is 0 Å². The molecular formula is C9H15NO2. The summed E-state index contributed by atoms with van der Waals surface area (Å²) in [5.74, 6) is 0.898. The highest BCUT2D eigenvalue weighted by molar-refractivity contribution is 5.03.